The molecular weight excluding hydrogens is 398 g/mol. The van der Waals surface area contributed by atoms with Crippen molar-refractivity contribution in [1.82, 2.24) is 5.43 Å². The van der Waals surface area contributed by atoms with E-state index >= 15 is 0 Å². The standard InChI is InChI=1S/C19H15N3O6S/c23-19(17-11-12-18(28-17)22(24)25)21-20-16(14-7-3-1-4-8-14)13-29(26,27)15-9-5-2-6-10-15/h1-12H,13H2,(H,21,23)/b20-16-. The van der Waals surface area contributed by atoms with Gasteiger partial charge in [0.05, 0.1) is 22.4 Å². The van der Waals surface area contributed by atoms with Crippen LogP contribution in [-0.2, 0) is 9.84 Å². The smallest absolute Gasteiger partial charge is 0.395 e. The van der Waals surface area contributed by atoms with Gasteiger partial charge in [0.15, 0.2) is 9.84 Å². The van der Waals surface area contributed by atoms with Gasteiger partial charge < -0.3 is 4.42 Å². The third kappa shape index (κ3) is 4.93. The lowest BCUT2D eigenvalue weighted by atomic mass is 10.1. The minimum Gasteiger partial charge on any atom is -0.395 e. The molecule has 0 saturated carbocycles. The maximum absolute atomic E-state index is 12.7. The van der Waals surface area contributed by atoms with E-state index in [1.165, 1.54) is 12.1 Å². The fraction of sp³-hybridized carbons (Fsp3) is 0.0526. The van der Waals surface area contributed by atoms with Crippen LogP contribution in [0.25, 0.3) is 0 Å². The van der Waals surface area contributed by atoms with Crippen molar-refractivity contribution in [1.29, 1.82) is 0 Å². The Hall–Kier alpha value is -3.79. The van der Waals surface area contributed by atoms with Crippen LogP contribution in [0.15, 0.2) is 87.2 Å². The molecular formula is C19H15N3O6S. The maximum Gasteiger partial charge on any atom is 0.433 e. The first kappa shape index (κ1) is 20.0. The number of carbonyl (C=O) groups excluding carboxylic acids is 1. The topological polar surface area (TPSA) is 132 Å². The quantitative estimate of drug-likeness (QED) is 0.360. The van der Waals surface area contributed by atoms with Crippen molar-refractivity contribution in [2.75, 3.05) is 5.75 Å². The lowest BCUT2D eigenvalue weighted by Gasteiger charge is -2.09. The van der Waals surface area contributed by atoms with Crippen LogP contribution in [0.2, 0.25) is 0 Å². The van der Waals surface area contributed by atoms with Crippen LogP contribution in [0.5, 0.6) is 0 Å². The highest BCUT2D eigenvalue weighted by atomic mass is 32.2. The molecule has 0 fully saturated rings. The Bertz CT molecular complexity index is 1150. The van der Waals surface area contributed by atoms with Crippen LogP contribution in [0, 0.1) is 10.1 Å². The molecule has 0 unspecified atom stereocenters. The first-order valence-electron chi connectivity index (χ1n) is 8.31. The third-order valence-corrected chi connectivity index (χ3v) is 5.47. The summed E-state index contributed by atoms with van der Waals surface area (Å²) in [7, 11) is -3.72. The second-order valence-corrected chi connectivity index (χ2v) is 7.82. The second-order valence-electron chi connectivity index (χ2n) is 5.83. The zero-order valence-corrected chi connectivity index (χ0v) is 15.7. The van der Waals surface area contributed by atoms with Crippen molar-refractivity contribution in [3.05, 3.63) is 94.2 Å². The molecule has 0 aliphatic heterocycles. The van der Waals surface area contributed by atoms with Crippen LogP contribution in [0.3, 0.4) is 0 Å². The normalized spacial score (nSPS) is 11.8. The number of hydrogen-bond donors (Lipinski definition) is 1. The average molecular weight is 413 g/mol. The fourth-order valence-corrected chi connectivity index (χ4v) is 3.75. The molecule has 10 heteroatoms. The summed E-state index contributed by atoms with van der Waals surface area (Å²) in [6.07, 6.45) is 0. The molecule has 148 valence electrons. The largest absolute Gasteiger partial charge is 0.433 e. The van der Waals surface area contributed by atoms with Crippen LogP contribution in [0.1, 0.15) is 16.1 Å². The first-order valence-corrected chi connectivity index (χ1v) is 9.96. The van der Waals surface area contributed by atoms with E-state index < -0.39 is 32.3 Å². The number of sulfone groups is 1. The summed E-state index contributed by atoms with van der Waals surface area (Å²) in [5, 5.41) is 14.6. The molecule has 1 heterocycles. The Kier molecular flexibility index (Phi) is 5.84. The van der Waals surface area contributed by atoms with Gasteiger partial charge >= 0.3 is 11.8 Å². The number of amides is 1. The molecule has 0 aliphatic carbocycles. The van der Waals surface area contributed by atoms with E-state index in [-0.39, 0.29) is 16.4 Å². The highest BCUT2D eigenvalue weighted by Crippen LogP contribution is 2.16. The van der Waals surface area contributed by atoms with E-state index in [0.29, 0.717) is 5.56 Å². The molecule has 0 aliphatic rings. The van der Waals surface area contributed by atoms with E-state index in [9.17, 15) is 23.3 Å². The van der Waals surface area contributed by atoms with Gasteiger partial charge in [0.25, 0.3) is 0 Å². The molecule has 0 radical (unpaired) electrons. The summed E-state index contributed by atoms with van der Waals surface area (Å²) in [6.45, 7) is 0. The molecule has 0 bridgehead atoms. The SMILES string of the molecule is O=C(N/N=C(/CS(=O)(=O)c1ccccc1)c1ccccc1)c1ccc([N+](=O)[O-])o1. The summed E-state index contributed by atoms with van der Waals surface area (Å²) in [5.74, 6) is -2.21. The summed E-state index contributed by atoms with van der Waals surface area (Å²) in [4.78, 5) is 22.2. The number of nitrogens with zero attached hydrogens (tertiary/aromatic N) is 2. The van der Waals surface area contributed by atoms with E-state index in [1.54, 1.807) is 48.5 Å². The number of nitrogens with one attached hydrogen (secondary N) is 1. The second kappa shape index (κ2) is 8.48. The van der Waals surface area contributed by atoms with E-state index in [2.05, 4.69) is 10.5 Å². The maximum atomic E-state index is 12.7. The van der Waals surface area contributed by atoms with Crippen molar-refractivity contribution in [3.8, 4) is 0 Å². The third-order valence-electron chi connectivity index (χ3n) is 3.82. The highest BCUT2D eigenvalue weighted by Gasteiger charge is 2.21. The molecule has 1 amide bonds. The van der Waals surface area contributed by atoms with Crippen LogP contribution in [-0.4, -0.2) is 30.7 Å². The fourth-order valence-electron chi connectivity index (χ4n) is 2.42. The van der Waals surface area contributed by atoms with Crippen LogP contribution < -0.4 is 5.43 Å². The summed E-state index contributed by atoms with van der Waals surface area (Å²) in [5.41, 5.74) is 2.79. The molecule has 3 aromatic rings. The minimum atomic E-state index is -3.72. The van der Waals surface area contributed by atoms with Crippen molar-refractivity contribution < 1.29 is 22.6 Å². The summed E-state index contributed by atoms with van der Waals surface area (Å²) >= 11 is 0. The molecule has 29 heavy (non-hydrogen) atoms. The van der Waals surface area contributed by atoms with Crippen LogP contribution in [0.4, 0.5) is 5.88 Å². The van der Waals surface area contributed by atoms with Crippen LogP contribution >= 0.6 is 0 Å². The monoisotopic (exact) mass is 413 g/mol. The number of carbonyl (C=O) groups is 1. The molecule has 1 aromatic heterocycles. The van der Waals surface area contributed by atoms with E-state index in [0.717, 1.165) is 12.1 Å². The zero-order chi connectivity index (χ0) is 20.9. The Morgan fingerprint density at radius 2 is 1.62 bits per heavy atom. The first-order chi connectivity index (χ1) is 13.9. The molecule has 3 rings (SSSR count). The van der Waals surface area contributed by atoms with Gasteiger partial charge in [0.2, 0.25) is 5.76 Å². The van der Waals surface area contributed by atoms with Crippen molar-refractivity contribution in [2.45, 2.75) is 4.90 Å². The number of nitro groups is 1. The number of benzene rings is 2. The van der Waals surface area contributed by atoms with Crippen molar-refractivity contribution in [3.63, 3.8) is 0 Å². The van der Waals surface area contributed by atoms with Gasteiger partial charge in [-0.15, -0.1) is 0 Å². The lowest BCUT2D eigenvalue weighted by Crippen LogP contribution is -2.24. The molecule has 0 spiro atoms. The number of furan rings is 1. The van der Waals surface area contributed by atoms with Crippen molar-refractivity contribution in [2.24, 2.45) is 5.10 Å². The molecule has 0 atom stereocenters. The number of hydrazone groups is 1. The van der Waals surface area contributed by atoms with Gasteiger partial charge in [-0.05, 0) is 23.8 Å². The minimum absolute atomic E-state index is 0.101. The lowest BCUT2D eigenvalue weighted by molar-refractivity contribution is -0.402. The Labute approximate surface area is 165 Å². The van der Waals surface area contributed by atoms with E-state index in [1.807, 2.05) is 0 Å². The Morgan fingerprint density at radius 1 is 1.00 bits per heavy atom. The van der Waals surface area contributed by atoms with Gasteiger partial charge in [-0.25, -0.2) is 13.8 Å². The zero-order valence-electron chi connectivity index (χ0n) is 14.9. The van der Waals surface area contributed by atoms with Crippen molar-refractivity contribution >= 4 is 27.3 Å². The Morgan fingerprint density at radius 3 is 2.21 bits per heavy atom. The van der Waals surface area contributed by atoms with E-state index in [4.69, 9.17) is 4.42 Å². The summed E-state index contributed by atoms with van der Waals surface area (Å²) < 4.78 is 30.3. The van der Waals surface area contributed by atoms with Gasteiger partial charge in [-0.3, -0.25) is 14.9 Å². The average Bonchev–Trinajstić information content (AvgIpc) is 3.23. The van der Waals surface area contributed by atoms with Gasteiger partial charge in [-0.2, -0.15) is 5.10 Å². The molecule has 0 saturated heterocycles. The predicted molar refractivity (Wildman–Crippen MR) is 104 cm³/mol. The number of hydrogen-bond acceptors (Lipinski definition) is 7. The predicted octanol–water partition coefficient (Wildman–Crippen LogP) is 2.80. The molecule has 2 aromatic carbocycles. The molecule has 1 N–H and O–H groups in total. The number of rotatable bonds is 7. The van der Waals surface area contributed by atoms with Gasteiger partial charge in [0, 0.05) is 0 Å². The summed E-state index contributed by atoms with van der Waals surface area (Å²) in [6, 6.07) is 18.5. The molecule has 9 nitrogen and oxygen atoms in total. The highest BCUT2D eigenvalue weighted by molar-refractivity contribution is 7.92. The Balaban J connectivity index is 1.87. The van der Waals surface area contributed by atoms with Gasteiger partial charge in [-0.1, -0.05) is 48.5 Å². The van der Waals surface area contributed by atoms with Gasteiger partial charge in [0.1, 0.15) is 4.92 Å².